The van der Waals surface area contributed by atoms with Crippen LogP contribution in [0.4, 0.5) is 0 Å². The number of carbonyl (C=O) groups excluding carboxylic acids is 1. The summed E-state index contributed by atoms with van der Waals surface area (Å²) in [7, 11) is 0. The first-order chi connectivity index (χ1) is 13.2. The Morgan fingerprint density at radius 2 is 2.04 bits per heavy atom. The van der Waals surface area contributed by atoms with Gasteiger partial charge in [0, 0.05) is 6.42 Å². The van der Waals surface area contributed by atoms with Crippen molar-refractivity contribution in [3.63, 3.8) is 0 Å². The van der Waals surface area contributed by atoms with Crippen LogP contribution in [0.5, 0.6) is 11.5 Å². The van der Waals surface area contributed by atoms with Crippen LogP contribution >= 0.6 is 0 Å². The van der Waals surface area contributed by atoms with Crippen molar-refractivity contribution in [1.29, 1.82) is 0 Å². The van der Waals surface area contributed by atoms with Crippen molar-refractivity contribution >= 4 is 5.91 Å². The maximum atomic E-state index is 12.5. The molecule has 2 aromatic rings. The summed E-state index contributed by atoms with van der Waals surface area (Å²) in [6.45, 7) is 1.06. The molecule has 0 saturated heterocycles. The number of ether oxygens (including phenoxy) is 2. The largest absolute Gasteiger partial charge is 0.493 e. The van der Waals surface area contributed by atoms with E-state index >= 15 is 0 Å². The average molecular weight is 367 g/mol. The van der Waals surface area contributed by atoms with Gasteiger partial charge in [-0.15, -0.1) is 0 Å². The molecule has 1 fully saturated rings. The van der Waals surface area contributed by atoms with E-state index in [4.69, 9.17) is 9.47 Å². The second-order valence-electron chi connectivity index (χ2n) is 7.31. The Balaban J connectivity index is 1.38. The third-order valence-electron chi connectivity index (χ3n) is 5.35. The number of rotatable bonds is 7. The fourth-order valence-electron chi connectivity index (χ4n) is 3.80. The predicted molar refractivity (Wildman–Crippen MR) is 102 cm³/mol. The first kappa shape index (κ1) is 17.9. The zero-order valence-electron chi connectivity index (χ0n) is 15.3. The van der Waals surface area contributed by atoms with E-state index in [-0.39, 0.29) is 24.0 Å². The van der Waals surface area contributed by atoms with Crippen LogP contribution in [0.1, 0.15) is 36.4 Å². The van der Waals surface area contributed by atoms with Crippen molar-refractivity contribution in [2.24, 2.45) is 5.92 Å². The first-order valence-corrected chi connectivity index (χ1v) is 9.60. The van der Waals surface area contributed by atoms with Crippen LogP contribution in [0.2, 0.25) is 0 Å². The zero-order valence-corrected chi connectivity index (χ0v) is 15.3. The number of carbonyl (C=O) groups is 1. The van der Waals surface area contributed by atoms with E-state index < -0.39 is 0 Å². The summed E-state index contributed by atoms with van der Waals surface area (Å²) in [6.07, 6.45) is 2.39. The number of para-hydroxylation sites is 1. The molecule has 1 atom stereocenters. The molecule has 1 amide bonds. The van der Waals surface area contributed by atoms with Crippen LogP contribution < -0.4 is 14.8 Å². The minimum Gasteiger partial charge on any atom is -0.493 e. The standard InChI is InChI=1S/C22H25NO4/c24-18-13-17(14-18)22(16-6-7-20-15(12-16)8-10-27-20)23-21(25)9-11-26-19-4-2-1-3-5-19/h1-7,12,17-18,22,24H,8-11,13-14H2,(H,23,25)/t17?,18?,22-/m0/s1. The SMILES string of the molecule is O=C(CCOc1ccccc1)N[C@@H](c1ccc2c(c1)CCO2)C1CC(O)C1. The van der Waals surface area contributed by atoms with Gasteiger partial charge in [-0.1, -0.05) is 24.3 Å². The van der Waals surface area contributed by atoms with Crippen molar-refractivity contribution in [2.75, 3.05) is 13.2 Å². The monoisotopic (exact) mass is 367 g/mol. The van der Waals surface area contributed by atoms with E-state index in [2.05, 4.69) is 11.4 Å². The van der Waals surface area contributed by atoms with E-state index in [1.807, 2.05) is 42.5 Å². The highest BCUT2D eigenvalue weighted by molar-refractivity contribution is 5.76. The van der Waals surface area contributed by atoms with Gasteiger partial charge in [-0.3, -0.25) is 4.79 Å². The molecule has 142 valence electrons. The maximum Gasteiger partial charge on any atom is 0.223 e. The molecule has 5 nitrogen and oxygen atoms in total. The summed E-state index contributed by atoms with van der Waals surface area (Å²) in [5.74, 6) is 1.93. The number of aliphatic hydroxyl groups is 1. The summed E-state index contributed by atoms with van der Waals surface area (Å²) in [5, 5.41) is 12.9. The lowest BCUT2D eigenvalue weighted by molar-refractivity contribution is -0.123. The Labute approximate surface area is 159 Å². The molecule has 2 aromatic carbocycles. The minimum absolute atomic E-state index is 0.0333. The number of nitrogens with one attached hydrogen (secondary N) is 1. The van der Waals surface area contributed by atoms with Gasteiger partial charge in [-0.05, 0) is 54.2 Å². The Morgan fingerprint density at radius 1 is 1.22 bits per heavy atom. The third-order valence-corrected chi connectivity index (χ3v) is 5.35. The molecule has 1 aliphatic carbocycles. The summed E-state index contributed by atoms with van der Waals surface area (Å²) in [4.78, 5) is 12.5. The molecule has 27 heavy (non-hydrogen) atoms. The average Bonchev–Trinajstić information content (AvgIpc) is 3.12. The fraction of sp³-hybridized carbons (Fsp3) is 0.409. The molecule has 0 bridgehead atoms. The number of hydrogen-bond donors (Lipinski definition) is 2. The van der Waals surface area contributed by atoms with Gasteiger partial charge < -0.3 is 19.9 Å². The summed E-state index contributed by atoms with van der Waals surface area (Å²) >= 11 is 0. The van der Waals surface area contributed by atoms with Crippen molar-refractivity contribution in [3.05, 3.63) is 59.7 Å². The number of aliphatic hydroxyl groups excluding tert-OH is 1. The molecule has 5 heteroatoms. The van der Waals surface area contributed by atoms with Gasteiger partial charge in [0.25, 0.3) is 0 Å². The molecule has 2 N–H and O–H groups in total. The zero-order chi connectivity index (χ0) is 18.6. The van der Waals surface area contributed by atoms with Gasteiger partial charge in [0.2, 0.25) is 5.91 Å². The lowest BCUT2D eigenvalue weighted by atomic mass is 9.75. The summed E-state index contributed by atoms with van der Waals surface area (Å²) in [5.41, 5.74) is 2.28. The molecule has 2 aliphatic rings. The molecule has 1 aliphatic heterocycles. The molecule has 1 saturated carbocycles. The maximum absolute atomic E-state index is 12.5. The number of hydrogen-bond acceptors (Lipinski definition) is 4. The van der Waals surface area contributed by atoms with E-state index in [0.29, 0.717) is 13.0 Å². The number of benzene rings is 2. The van der Waals surface area contributed by atoms with Crippen LogP contribution in [0, 0.1) is 5.92 Å². The van der Waals surface area contributed by atoms with Gasteiger partial charge >= 0.3 is 0 Å². The van der Waals surface area contributed by atoms with Crippen molar-refractivity contribution in [3.8, 4) is 11.5 Å². The molecule has 0 aromatic heterocycles. The Hall–Kier alpha value is -2.53. The minimum atomic E-state index is -0.256. The van der Waals surface area contributed by atoms with Crippen LogP contribution in [0.15, 0.2) is 48.5 Å². The van der Waals surface area contributed by atoms with E-state index in [0.717, 1.165) is 42.9 Å². The Kier molecular flexibility index (Phi) is 5.30. The molecular weight excluding hydrogens is 342 g/mol. The third kappa shape index (κ3) is 4.25. The quantitative estimate of drug-likeness (QED) is 0.789. The second-order valence-corrected chi connectivity index (χ2v) is 7.31. The van der Waals surface area contributed by atoms with Gasteiger partial charge in [0.05, 0.1) is 31.8 Å². The molecule has 4 rings (SSSR count). The van der Waals surface area contributed by atoms with E-state index in [1.54, 1.807) is 0 Å². The number of amides is 1. The van der Waals surface area contributed by atoms with Gasteiger partial charge in [-0.2, -0.15) is 0 Å². The van der Waals surface area contributed by atoms with Crippen LogP contribution in [-0.2, 0) is 11.2 Å². The number of fused-ring (bicyclic) bond motifs is 1. The summed E-state index contributed by atoms with van der Waals surface area (Å²) < 4.78 is 11.2. The van der Waals surface area contributed by atoms with Gasteiger partial charge in [0.1, 0.15) is 11.5 Å². The molecule has 0 spiro atoms. The molecule has 0 radical (unpaired) electrons. The molecule has 1 heterocycles. The topological polar surface area (TPSA) is 67.8 Å². The second kappa shape index (κ2) is 8.01. The Bertz CT molecular complexity index is 786. The smallest absolute Gasteiger partial charge is 0.223 e. The predicted octanol–water partition coefficient (Wildman–Crippen LogP) is 3.02. The lowest BCUT2D eigenvalue weighted by Crippen LogP contribution is -2.41. The highest BCUT2D eigenvalue weighted by Crippen LogP contribution is 2.39. The molecular formula is C22H25NO4. The van der Waals surface area contributed by atoms with Crippen molar-refractivity contribution < 1.29 is 19.4 Å². The highest BCUT2D eigenvalue weighted by atomic mass is 16.5. The van der Waals surface area contributed by atoms with E-state index in [1.165, 1.54) is 5.56 Å². The van der Waals surface area contributed by atoms with Gasteiger partial charge in [-0.25, -0.2) is 0 Å². The van der Waals surface area contributed by atoms with E-state index in [9.17, 15) is 9.90 Å². The normalized spacial score (nSPS) is 21.5. The fourth-order valence-corrected chi connectivity index (χ4v) is 3.80. The molecule has 0 unspecified atom stereocenters. The van der Waals surface area contributed by atoms with Gasteiger partial charge in [0.15, 0.2) is 0 Å². The van der Waals surface area contributed by atoms with Crippen LogP contribution in [0.25, 0.3) is 0 Å². The highest BCUT2D eigenvalue weighted by Gasteiger charge is 2.36. The van der Waals surface area contributed by atoms with Crippen molar-refractivity contribution in [1.82, 2.24) is 5.32 Å². The van der Waals surface area contributed by atoms with Crippen LogP contribution in [-0.4, -0.2) is 30.3 Å². The first-order valence-electron chi connectivity index (χ1n) is 9.60. The summed E-state index contributed by atoms with van der Waals surface area (Å²) in [6, 6.07) is 15.6. The van der Waals surface area contributed by atoms with Crippen LogP contribution in [0.3, 0.4) is 0 Å². The Morgan fingerprint density at radius 3 is 2.81 bits per heavy atom. The van der Waals surface area contributed by atoms with Crippen molar-refractivity contribution in [2.45, 2.75) is 37.8 Å². The lowest BCUT2D eigenvalue weighted by Gasteiger charge is -2.38.